The minimum atomic E-state index is -0.0998. The molecule has 0 fully saturated rings. The molecular formula is C18H25N3O2. The number of fused-ring (bicyclic) bond motifs is 1. The van der Waals surface area contributed by atoms with Crippen molar-refractivity contribution in [1.29, 1.82) is 0 Å². The molecular weight excluding hydrogens is 290 g/mol. The number of hydrogen-bond donors (Lipinski definition) is 1. The molecule has 1 aliphatic rings. The first kappa shape index (κ1) is 15.8. The van der Waals surface area contributed by atoms with E-state index in [9.17, 15) is 4.79 Å². The molecule has 2 aromatic heterocycles. The van der Waals surface area contributed by atoms with E-state index in [1.54, 1.807) is 0 Å². The number of imidazole rings is 1. The van der Waals surface area contributed by atoms with Crippen LogP contribution in [0, 0.1) is 6.92 Å². The van der Waals surface area contributed by atoms with Gasteiger partial charge in [0.25, 0.3) is 5.91 Å². The van der Waals surface area contributed by atoms with E-state index < -0.39 is 0 Å². The highest BCUT2D eigenvalue weighted by Gasteiger charge is 2.25. The Balaban J connectivity index is 1.68. The zero-order valence-electron chi connectivity index (χ0n) is 14.3. The first-order chi connectivity index (χ1) is 10.9. The molecule has 1 atom stereocenters. The molecule has 0 saturated heterocycles. The van der Waals surface area contributed by atoms with Crippen molar-refractivity contribution in [3.8, 4) is 0 Å². The molecule has 0 radical (unpaired) electrons. The van der Waals surface area contributed by atoms with Crippen molar-refractivity contribution in [3.63, 3.8) is 0 Å². The number of aromatic nitrogens is 2. The number of furan rings is 1. The Kier molecular flexibility index (Phi) is 4.04. The monoisotopic (exact) mass is 315 g/mol. The van der Waals surface area contributed by atoms with Crippen LogP contribution in [0.15, 0.2) is 22.9 Å². The highest BCUT2D eigenvalue weighted by atomic mass is 16.3. The maximum Gasteiger partial charge on any atom is 0.254 e. The van der Waals surface area contributed by atoms with E-state index in [0.29, 0.717) is 17.9 Å². The Morgan fingerprint density at radius 2 is 2.26 bits per heavy atom. The van der Waals surface area contributed by atoms with Crippen molar-refractivity contribution in [3.05, 3.63) is 41.4 Å². The summed E-state index contributed by atoms with van der Waals surface area (Å²) < 4.78 is 7.94. The van der Waals surface area contributed by atoms with Gasteiger partial charge in [-0.15, -0.1) is 0 Å². The van der Waals surface area contributed by atoms with Gasteiger partial charge in [-0.2, -0.15) is 0 Å². The van der Waals surface area contributed by atoms with Crippen molar-refractivity contribution in [2.24, 2.45) is 0 Å². The number of carbonyl (C=O) groups is 1. The molecule has 1 amide bonds. The topological polar surface area (TPSA) is 60.1 Å². The fraction of sp³-hybridized carbons (Fsp3) is 0.556. The third-order valence-electron chi connectivity index (χ3n) is 4.48. The first-order valence-electron chi connectivity index (χ1n) is 8.26. The summed E-state index contributed by atoms with van der Waals surface area (Å²) in [6.45, 7) is 9.72. The predicted molar refractivity (Wildman–Crippen MR) is 88.7 cm³/mol. The van der Waals surface area contributed by atoms with Gasteiger partial charge >= 0.3 is 0 Å². The second-order valence-electron chi connectivity index (χ2n) is 7.36. The molecule has 1 N–H and O–H groups in total. The average molecular weight is 315 g/mol. The largest absolute Gasteiger partial charge is 0.465 e. The first-order valence-corrected chi connectivity index (χ1v) is 8.26. The number of aryl methyl sites for hydroxylation is 2. The van der Waals surface area contributed by atoms with Crippen LogP contribution >= 0.6 is 0 Å². The zero-order chi connectivity index (χ0) is 16.6. The molecule has 1 aliphatic heterocycles. The van der Waals surface area contributed by atoms with E-state index in [4.69, 9.17) is 4.42 Å². The van der Waals surface area contributed by atoms with Gasteiger partial charge in [-0.05, 0) is 25.8 Å². The van der Waals surface area contributed by atoms with Crippen molar-refractivity contribution < 1.29 is 9.21 Å². The average Bonchev–Trinajstić information content (AvgIpc) is 3.10. The lowest BCUT2D eigenvalue weighted by molar-refractivity contribution is 0.0948. The quantitative estimate of drug-likeness (QED) is 0.944. The standard InChI is InChI=1S/C18H25N3O2/c1-12-14(10-15(23-12)18(2,3)4)17(22)20-11-13-6-5-8-21-9-7-19-16(13)21/h7,9-10,13H,5-6,8,11H2,1-4H3,(H,20,22). The van der Waals surface area contributed by atoms with Crippen LogP contribution in [0.2, 0.25) is 0 Å². The number of rotatable bonds is 3. The summed E-state index contributed by atoms with van der Waals surface area (Å²) in [6, 6.07) is 1.87. The summed E-state index contributed by atoms with van der Waals surface area (Å²) in [5.41, 5.74) is 0.534. The predicted octanol–water partition coefficient (Wildman–Crippen LogP) is 3.39. The fourth-order valence-corrected chi connectivity index (χ4v) is 3.09. The van der Waals surface area contributed by atoms with Gasteiger partial charge in [0.1, 0.15) is 17.3 Å². The van der Waals surface area contributed by atoms with E-state index in [1.807, 2.05) is 25.4 Å². The molecule has 23 heavy (non-hydrogen) atoms. The minimum absolute atomic E-state index is 0.0644. The maximum atomic E-state index is 12.5. The van der Waals surface area contributed by atoms with Crippen molar-refractivity contribution in [2.45, 2.75) is 58.4 Å². The van der Waals surface area contributed by atoms with Crippen molar-refractivity contribution >= 4 is 5.91 Å². The molecule has 0 aliphatic carbocycles. The van der Waals surface area contributed by atoms with E-state index in [0.717, 1.165) is 31.0 Å². The normalized spacial score (nSPS) is 17.8. The third-order valence-corrected chi connectivity index (χ3v) is 4.48. The van der Waals surface area contributed by atoms with Gasteiger partial charge in [0.2, 0.25) is 0 Å². The number of nitrogens with zero attached hydrogens (tertiary/aromatic N) is 2. The maximum absolute atomic E-state index is 12.5. The smallest absolute Gasteiger partial charge is 0.254 e. The molecule has 3 rings (SSSR count). The molecule has 5 nitrogen and oxygen atoms in total. The van der Waals surface area contributed by atoms with Gasteiger partial charge < -0.3 is 14.3 Å². The molecule has 0 bridgehead atoms. The highest BCUT2D eigenvalue weighted by molar-refractivity contribution is 5.95. The van der Waals surface area contributed by atoms with E-state index >= 15 is 0 Å². The Morgan fingerprint density at radius 3 is 2.96 bits per heavy atom. The van der Waals surface area contributed by atoms with Crippen LogP contribution in [0.3, 0.4) is 0 Å². The lowest BCUT2D eigenvalue weighted by Crippen LogP contribution is -2.31. The summed E-state index contributed by atoms with van der Waals surface area (Å²) in [5.74, 6) is 2.82. The molecule has 3 heterocycles. The van der Waals surface area contributed by atoms with Crippen LogP contribution in [-0.4, -0.2) is 22.0 Å². The van der Waals surface area contributed by atoms with Crippen LogP contribution in [-0.2, 0) is 12.0 Å². The van der Waals surface area contributed by atoms with Gasteiger partial charge in [0, 0.05) is 36.8 Å². The van der Waals surface area contributed by atoms with Gasteiger partial charge in [-0.25, -0.2) is 4.98 Å². The highest BCUT2D eigenvalue weighted by Crippen LogP contribution is 2.28. The molecule has 0 aromatic carbocycles. The SMILES string of the molecule is Cc1oc(C(C)(C)C)cc1C(=O)NCC1CCCn2ccnc21. The Bertz CT molecular complexity index is 706. The number of amides is 1. The summed E-state index contributed by atoms with van der Waals surface area (Å²) in [4.78, 5) is 16.9. The summed E-state index contributed by atoms with van der Waals surface area (Å²) in [5, 5.41) is 3.05. The lowest BCUT2D eigenvalue weighted by Gasteiger charge is -2.23. The minimum Gasteiger partial charge on any atom is -0.465 e. The van der Waals surface area contributed by atoms with Gasteiger partial charge in [-0.3, -0.25) is 4.79 Å². The number of nitrogens with one attached hydrogen (secondary N) is 1. The zero-order valence-corrected chi connectivity index (χ0v) is 14.3. The second kappa shape index (κ2) is 5.87. The molecule has 2 aromatic rings. The second-order valence-corrected chi connectivity index (χ2v) is 7.36. The third kappa shape index (κ3) is 3.19. The van der Waals surface area contributed by atoms with Gasteiger partial charge in [0.05, 0.1) is 5.56 Å². The molecule has 1 unspecified atom stereocenters. The van der Waals surface area contributed by atoms with Crippen LogP contribution in [0.25, 0.3) is 0 Å². The van der Waals surface area contributed by atoms with E-state index in [1.165, 1.54) is 0 Å². The van der Waals surface area contributed by atoms with Crippen LogP contribution in [0.1, 0.15) is 67.2 Å². The molecule has 124 valence electrons. The van der Waals surface area contributed by atoms with Crippen molar-refractivity contribution in [2.75, 3.05) is 6.54 Å². The van der Waals surface area contributed by atoms with E-state index in [2.05, 4.69) is 35.6 Å². The Hall–Kier alpha value is -2.04. The summed E-state index contributed by atoms with van der Waals surface area (Å²) in [7, 11) is 0. The summed E-state index contributed by atoms with van der Waals surface area (Å²) in [6.07, 6.45) is 6.04. The summed E-state index contributed by atoms with van der Waals surface area (Å²) >= 11 is 0. The molecule has 0 spiro atoms. The van der Waals surface area contributed by atoms with Gasteiger partial charge in [-0.1, -0.05) is 20.8 Å². The fourth-order valence-electron chi connectivity index (χ4n) is 3.09. The molecule has 5 heteroatoms. The number of carbonyl (C=O) groups excluding carboxylic acids is 1. The van der Waals surface area contributed by atoms with Crippen LogP contribution in [0.5, 0.6) is 0 Å². The Labute approximate surface area is 137 Å². The molecule has 0 saturated carbocycles. The lowest BCUT2D eigenvalue weighted by atomic mass is 9.93. The Morgan fingerprint density at radius 1 is 1.48 bits per heavy atom. The van der Waals surface area contributed by atoms with Crippen molar-refractivity contribution in [1.82, 2.24) is 14.9 Å². The van der Waals surface area contributed by atoms with Crippen LogP contribution in [0.4, 0.5) is 0 Å². The van der Waals surface area contributed by atoms with Crippen LogP contribution < -0.4 is 5.32 Å². The van der Waals surface area contributed by atoms with E-state index in [-0.39, 0.29) is 17.2 Å². The van der Waals surface area contributed by atoms with Gasteiger partial charge in [0.15, 0.2) is 0 Å². The number of hydrogen-bond acceptors (Lipinski definition) is 3.